The zero-order valence-corrected chi connectivity index (χ0v) is 12.5. The summed E-state index contributed by atoms with van der Waals surface area (Å²) in [5.41, 5.74) is 0. The maximum atomic E-state index is 11.9. The van der Waals surface area contributed by atoms with Crippen molar-refractivity contribution in [1.82, 2.24) is 4.72 Å². The molecule has 9 heteroatoms. The van der Waals surface area contributed by atoms with E-state index >= 15 is 0 Å². The van der Waals surface area contributed by atoms with E-state index in [9.17, 15) is 21.6 Å². The molecule has 0 bridgehead atoms. The van der Waals surface area contributed by atoms with Crippen LogP contribution in [0.3, 0.4) is 0 Å². The van der Waals surface area contributed by atoms with Gasteiger partial charge in [0.15, 0.2) is 9.84 Å². The molecule has 0 fully saturated rings. The molecule has 0 saturated heterocycles. The third-order valence-electron chi connectivity index (χ3n) is 2.40. The highest BCUT2D eigenvalue weighted by atomic mass is 32.2. The molecule has 0 spiro atoms. The first-order valence-electron chi connectivity index (χ1n) is 5.56. The van der Waals surface area contributed by atoms with Gasteiger partial charge in [0.1, 0.15) is 0 Å². The Balaban J connectivity index is 2.96. The number of nitrogens with one attached hydrogen (secondary N) is 1. The van der Waals surface area contributed by atoms with Gasteiger partial charge < -0.3 is 5.11 Å². The van der Waals surface area contributed by atoms with Crippen LogP contribution < -0.4 is 4.72 Å². The van der Waals surface area contributed by atoms with E-state index in [1.165, 1.54) is 19.1 Å². The minimum Gasteiger partial charge on any atom is -0.481 e. The first-order chi connectivity index (χ1) is 9.02. The van der Waals surface area contributed by atoms with E-state index in [1.807, 2.05) is 0 Å². The van der Waals surface area contributed by atoms with E-state index in [4.69, 9.17) is 5.11 Å². The number of carboxylic acid groups (broad SMARTS) is 1. The van der Waals surface area contributed by atoms with E-state index in [0.717, 1.165) is 18.4 Å². The van der Waals surface area contributed by atoms with E-state index < -0.39 is 31.9 Å². The van der Waals surface area contributed by atoms with Gasteiger partial charge in [-0.05, 0) is 31.2 Å². The highest BCUT2D eigenvalue weighted by Crippen LogP contribution is 2.14. The molecule has 20 heavy (non-hydrogen) atoms. The number of sulfone groups is 1. The maximum absolute atomic E-state index is 11.9. The molecule has 7 nitrogen and oxygen atoms in total. The average Bonchev–Trinajstić information content (AvgIpc) is 2.26. The van der Waals surface area contributed by atoms with Gasteiger partial charge in [0.25, 0.3) is 0 Å². The van der Waals surface area contributed by atoms with Gasteiger partial charge in [0, 0.05) is 12.3 Å². The van der Waals surface area contributed by atoms with Crippen molar-refractivity contribution in [2.24, 2.45) is 0 Å². The van der Waals surface area contributed by atoms with Crippen molar-refractivity contribution in [3.05, 3.63) is 24.3 Å². The van der Waals surface area contributed by atoms with Crippen molar-refractivity contribution in [2.75, 3.05) is 6.26 Å². The maximum Gasteiger partial charge on any atom is 0.304 e. The lowest BCUT2D eigenvalue weighted by atomic mass is 10.3. The van der Waals surface area contributed by atoms with E-state index in [1.54, 1.807) is 0 Å². The molecule has 0 aromatic heterocycles. The van der Waals surface area contributed by atoms with Crippen LogP contribution in [0.1, 0.15) is 13.3 Å². The fraction of sp³-hybridized carbons (Fsp3) is 0.364. The Bertz CT molecular complexity index is 691. The van der Waals surface area contributed by atoms with Crippen LogP contribution in [0.2, 0.25) is 0 Å². The second-order valence-corrected chi connectivity index (χ2v) is 8.09. The Hall–Kier alpha value is -1.45. The molecule has 112 valence electrons. The summed E-state index contributed by atoms with van der Waals surface area (Å²) in [4.78, 5) is 10.4. The van der Waals surface area contributed by atoms with Gasteiger partial charge in [-0.3, -0.25) is 4.79 Å². The molecule has 0 saturated carbocycles. The molecule has 0 aliphatic rings. The zero-order chi connectivity index (χ0) is 15.6. The molecular formula is C11H15NO6S2. The first-order valence-corrected chi connectivity index (χ1v) is 8.94. The quantitative estimate of drug-likeness (QED) is 0.774. The van der Waals surface area contributed by atoms with Crippen LogP contribution in [-0.4, -0.2) is 40.2 Å². The third-order valence-corrected chi connectivity index (χ3v) is 5.13. The summed E-state index contributed by atoms with van der Waals surface area (Å²) >= 11 is 0. The highest BCUT2D eigenvalue weighted by molar-refractivity contribution is 7.90. The second-order valence-electron chi connectivity index (χ2n) is 4.36. The summed E-state index contributed by atoms with van der Waals surface area (Å²) in [6.07, 6.45) is 0.671. The summed E-state index contributed by atoms with van der Waals surface area (Å²) in [5, 5.41) is 8.58. The van der Waals surface area contributed by atoms with Gasteiger partial charge in [-0.1, -0.05) is 0 Å². The molecule has 1 aromatic carbocycles. The number of hydrogen-bond donors (Lipinski definition) is 2. The molecule has 0 radical (unpaired) electrons. The van der Waals surface area contributed by atoms with Crippen LogP contribution in [0.25, 0.3) is 0 Å². The monoisotopic (exact) mass is 321 g/mol. The molecule has 0 heterocycles. The number of hydrogen-bond acceptors (Lipinski definition) is 5. The van der Waals surface area contributed by atoms with Crippen molar-refractivity contribution in [2.45, 2.75) is 29.2 Å². The van der Waals surface area contributed by atoms with Crippen LogP contribution >= 0.6 is 0 Å². The predicted octanol–water partition coefficient (Wildman–Crippen LogP) is 0.232. The van der Waals surface area contributed by atoms with Crippen molar-refractivity contribution in [3.8, 4) is 0 Å². The number of aliphatic carboxylic acids is 1. The van der Waals surface area contributed by atoms with Crippen molar-refractivity contribution < 1.29 is 26.7 Å². The molecule has 1 rings (SSSR count). The summed E-state index contributed by atoms with van der Waals surface area (Å²) in [6.45, 7) is 1.43. The largest absolute Gasteiger partial charge is 0.481 e. The van der Waals surface area contributed by atoms with E-state index in [2.05, 4.69) is 4.72 Å². The van der Waals surface area contributed by atoms with Crippen molar-refractivity contribution >= 4 is 25.8 Å². The van der Waals surface area contributed by atoms with Crippen LogP contribution in [0.5, 0.6) is 0 Å². The summed E-state index contributed by atoms with van der Waals surface area (Å²) in [7, 11) is -7.27. The number of benzene rings is 1. The minimum atomic E-state index is -3.88. The molecule has 1 aromatic rings. The van der Waals surface area contributed by atoms with Gasteiger partial charge in [0.05, 0.1) is 16.2 Å². The lowest BCUT2D eigenvalue weighted by Crippen LogP contribution is -2.34. The zero-order valence-electron chi connectivity index (χ0n) is 10.9. The average molecular weight is 321 g/mol. The minimum absolute atomic E-state index is 0.00929. The SMILES string of the molecule is CC(CC(=O)O)NS(=O)(=O)c1ccc(S(C)(=O)=O)cc1. The normalized spacial score (nSPS) is 13.9. The van der Waals surface area contributed by atoms with Gasteiger partial charge in [-0.25, -0.2) is 21.6 Å². The van der Waals surface area contributed by atoms with E-state index in [0.29, 0.717) is 0 Å². The van der Waals surface area contributed by atoms with Gasteiger partial charge in [0.2, 0.25) is 10.0 Å². The summed E-state index contributed by atoms with van der Waals surface area (Å²) in [5.74, 6) is -1.12. The van der Waals surface area contributed by atoms with Crippen LogP contribution in [0.4, 0.5) is 0 Å². The Labute approximate surface area is 117 Å². The highest BCUT2D eigenvalue weighted by Gasteiger charge is 2.19. The molecule has 1 atom stereocenters. The molecular weight excluding hydrogens is 306 g/mol. The lowest BCUT2D eigenvalue weighted by molar-refractivity contribution is -0.137. The van der Waals surface area contributed by atoms with Gasteiger partial charge in [-0.2, -0.15) is 0 Å². The molecule has 2 N–H and O–H groups in total. The summed E-state index contributed by atoms with van der Waals surface area (Å²) < 4.78 is 48.6. The Morgan fingerprint density at radius 1 is 1.15 bits per heavy atom. The third kappa shape index (κ3) is 4.58. The van der Waals surface area contributed by atoms with Gasteiger partial charge >= 0.3 is 5.97 Å². The second kappa shape index (κ2) is 5.90. The van der Waals surface area contributed by atoms with Crippen LogP contribution in [-0.2, 0) is 24.7 Å². The van der Waals surface area contributed by atoms with Crippen molar-refractivity contribution in [1.29, 1.82) is 0 Å². The van der Waals surface area contributed by atoms with Gasteiger partial charge in [-0.15, -0.1) is 0 Å². The Morgan fingerprint density at radius 2 is 1.60 bits per heavy atom. The molecule has 1 unspecified atom stereocenters. The van der Waals surface area contributed by atoms with Crippen LogP contribution in [0.15, 0.2) is 34.1 Å². The summed E-state index contributed by atoms with van der Waals surface area (Å²) in [6, 6.07) is 3.92. The molecule has 0 aliphatic carbocycles. The van der Waals surface area contributed by atoms with Crippen molar-refractivity contribution in [3.63, 3.8) is 0 Å². The van der Waals surface area contributed by atoms with Crippen LogP contribution in [0, 0.1) is 0 Å². The fourth-order valence-electron chi connectivity index (χ4n) is 1.50. The number of sulfonamides is 1. The first kappa shape index (κ1) is 16.6. The number of carbonyl (C=O) groups is 1. The lowest BCUT2D eigenvalue weighted by Gasteiger charge is -2.12. The fourth-order valence-corrected chi connectivity index (χ4v) is 3.38. The van der Waals surface area contributed by atoms with E-state index in [-0.39, 0.29) is 16.2 Å². The number of carboxylic acids is 1. The predicted molar refractivity (Wildman–Crippen MR) is 71.6 cm³/mol. The smallest absolute Gasteiger partial charge is 0.304 e. The Morgan fingerprint density at radius 3 is 2.00 bits per heavy atom. The molecule has 0 amide bonds. The topological polar surface area (TPSA) is 118 Å². The Kier molecular flexibility index (Phi) is 4.90. The molecule has 0 aliphatic heterocycles. The number of rotatable bonds is 6. The standard InChI is InChI=1S/C11H15NO6S2/c1-8(7-11(13)14)12-20(17,18)10-5-3-9(4-6-10)19(2,15)16/h3-6,8,12H,7H2,1-2H3,(H,13,14).